The third-order valence-electron chi connectivity index (χ3n) is 4.86. The van der Waals surface area contributed by atoms with Gasteiger partial charge in [0.2, 0.25) is 0 Å². The molecule has 2 heteroatoms. The summed E-state index contributed by atoms with van der Waals surface area (Å²) in [5.74, 6) is 1.21. The van der Waals surface area contributed by atoms with Crippen LogP contribution in [0.3, 0.4) is 0 Å². The zero-order valence-electron chi connectivity index (χ0n) is 15.0. The van der Waals surface area contributed by atoms with E-state index in [-0.39, 0.29) is 0 Å². The summed E-state index contributed by atoms with van der Waals surface area (Å²) in [5.41, 5.74) is 4.03. The van der Waals surface area contributed by atoms with Gasteiger partial charge in [-0.15, -0.1) is 0 Å². The molecular formula is C24H24N2. The summed E-state index contributed by atoms with van der Waals surface area (Å²) >= 11 is 0. The Bertz CT molecular complexity index is 841. The smallest absolute Gasteiger partial charge is 0.104 e. The second kappa shape index (κ2) is 8.01. The first-order chi connectivity index (χ1) is 12.9. The molecule has 0 spiro atoms. The predicted molar refractivity (Wildman–Crippen MR) is 108 cm³/mol. The average Bonchev–Trinajstić information content (AvgIpc) is 3.05. The zero-order chi connectivity index (χ0) is 17.6. The molecule has 1 heterocycles. The van der Waals surface area contributed by atoms with Crippen molar-refractivity contribution in [3.05, 3.63) is 108 Å². The minimum Gasteiger partial charge on any atom is -0.354 e. The molecule has 0 radical (unpaired) electrons. The van der Waals surface area contributed by atoms with Crippen molar-refractivity contribution in [3.8, 4) is 0 Å². The fourth-order valence-corrected chi connectivity index (χ4v) is 3.58. The molecule has 0 aromatic heterocycles. The largest absolute Gasteiger partial charge is 0.354 e. The molecule has 1 unspecified atom stereocenters. The van der Waals surface area contributed by atoms with E-state index in [4.69, 9.17) is 4.99 Å². The minimum absolute atomic E-state index is 0.333. The van der Waals surface area contributed by atoms with E-state index < -0.39 is 0 Å². The Labute approximate surface area is 155 Å². The van der Waals surface area contributed by atoms with Crippen LogP contribution in [0, 0.1) is 0 Å². The van der Waals surface area contributed by atoms with E-state index >= 15 is 0 Å². The van der Waals surface area contributed by atoms with Gasteiger partial charge in [0.25, 0.3) is 0 Å². The second-order valence-corrected chi connectivity index (χ2v) is 6.92. The van der Waals surface area contributed by atoms with Crippen LogP contribution in [0.5, 0.6) is 0 Å². The summed E-state index contributed by atoms with van der Waals surface area (Å²) in [7, 11) is 0. The molecule has 1 aliphatic heterocycles. The van der Waals surface area contributed by atoms with E-state index in [2.05, 4.69) is 95.9 Å². The molecule has 4 rings (SSSR count). The van der Waals surface area contributed by atoms with Gasteiger partial charge in [0.05, 0.1) is 6.04 Å². The van der Waals surface area contributed by atoms with Crippen LogP contribution in [-0.4, -0.2) is 23.3 Å². The maximum atomic E-state index is 5.10. The number of benzene rings is 3. The Morgan fingerprint density at radius 2 is 1.23 bits per heavy atom. The monoisotopic (exact) mass is 340 g/mol. The first kappa shape index (κ1) is 16.6. The van der Waals surface area contributed by atoms with Crippen LogP contribution in [0.4, 0.5) is 0 Å². The summed E-state index contributed by atoms with van der Waals surface area (Å²) in [6.45, 7) is 1.92. The Hall–Kier alpha value is -2.87. The van der Waals surface area contributed by atoms with Crippen LogP contribution < -0.4 is 0 Å². The molecular weight excluding hydrogens is 316 g/mol. The van der Waals surface area contributed by atoms with Crippen LogP contribution in [0.15, 0.2) is 96.0 Å². The molecule has 0 bridgehead atoms. The average molecular weight is 340 g/mol. The van der Waals surface area contributed by atoms with Gasteiger partial charge in [-0.2, -0.15) is 0 Å². The van der Waals surface area contributed by atoms with Crippen molar-refractivity contribution in [1.29, 1.82) is 0 Å². The SMILES string of the molecule is c1ccc(CC2=NC(Cc3ccccc3)CN2Cc2ccccc2)cc1. The lowest BCUT2D eigenvalue weighted by Crippen LogP contribution is -2.30. The third kappa shape index (κ3) is 4.20. The molecule has 1 atom stereocenters. The number of hydrogen-bond donors (Lipinski definition) is 0. The van der Waals surface area contributed by atoms with Crippen LogP contribution in [0.1, 0.15) is 16.7 Å². The van der Waals surface area contributed by atoms with E-state index in [9.17, 15) is 0 Å². The molecule has 3 aromatic rings. The maximum absolute atomic E-state index is 5.10. The quantitative estimate of drug-likeness (QED) is 0.632. The number of nitrogens with zero attached hydrogens (tertiary/aromatic N) is 2. The van der Waals surface area contributed by atoms with Crippen molar-refractivity contribution in [2.75, 3.05) is 6.54 Å². The highest BCUT2D eigenvalue weighted by Gasteiger charge is 2.25. The molecule has 0 amide bonds. The summed E-state index contributed by atoms with van der Waals surface area (Å²) < 4.78 is 0. The standard InChI is InChI=1S/C24H24N2/c1-4-10-20(11-5-1)16-23-19-26(18-22-14-8-3-9-15-22)24(25-23)17-21-12-6-2-7-13-21/h1-15,23H,16-19H2. The van der Waals surface area contributed by atoms with Crippen molar-refractivity contribution in [3.63, 3.8) is 0 Å². The molecule has 26 heavy (non-hydrogen) atoms. The first-order valence-electron chi connectivity index (χ1n) is 9.30. The number of hydrogen-bond acceptors (Lipinski definition) is 2. The topological polar surface area (TPSA) is 15.6 Å². The number of rotatable bonds is 6. The van der Waals surface area contributed by atoms with Gasteiger partial charge in [-0.1, -0.05) is 91.0 Å². The van der Waals surface area contributed by atoms with Crippen molar-refractivity contribution in [1.82, 2.24) is 4.90 Å². The van der Waals surface area contributed by atoms with Crippen LogP contribution in [0.25, 0.3) is 0 Å². The van der Waals surface area contributed by atoms with Crippen LogP contribution in [0.2, 0.25) is 0 Å². The molecule has 0 saturated carbocycles. The van der Waals surface area contributed by atoms with Gasteiger partial charge in [-0.3, -0.25) is 4.99 Å². The van der Waals surface area contributed by atoms with Gasteiger partial charge in [0, 0.05) is 19.5 Å². The van der Waals surface area contributed by atoms with E-state index in [0.29, 0.717) is 6.04 Å². The zero-order valence-corrected chi connectivity index (χ0v) is 15.0. The van der Waals surface area contributed by atoms with Gasteiger partial charge in [0.1, 0.15) is 5.84 Å². The van der Waals surface area contributed by atoms with E-state index in [0.717, 1.165) is 25.9 Å². The Balaban J connectivity index is 1.52. The molecule has 1 aliphatic rings. The number of aliphatic imine (C=N–C) groups is 1. The summed E-state index contributed by atoms with van der Waals surface area (Å²) in [6.07, 6.45) is 1.91. The number of amidine groups is 1. The predicted octanol–water partition coefficient (Wildman–Crippen LogP) is 4.75. The molecule has 0 fully saturated rings. The van der Waals surface area contributed by atoms with E-state index in [1.165, 1.54) is 22.5 Å². The van der Waals surface area contributed by atoms with Gasteiger partial charge in [-0.25, -0.2) is 0 Å². The third-order valence-corrected chi connectivity index (χ3v) is 4.86. The van der Waals surface area contributed by atoms with Gasteiger partial charge >= 0.3 is 0 Å². The normalized spacial score (nSPS) is 16.5. The van der Waals surface area contributed by atoms with E-state index in [1.54, 1.807) is 0 Å². The van der Waals surface area contributed by atoms with Crippen molar-refractivity contribution in [2.24, 2.45) is 4.99 Å². The summed E-state index contributed by atoms with van der Waals surface area (Å²) in [6, 6.07) is 32.4. The highest BCUT2D eigenvalue weighted by atomic mass is 15.2. The van der Waals surface area contributed by atoms with E-state index in [1.807, 2.05) is 0 Å². The Kier molecular flexibility index (Phi) is 5.11. The van der Waals surface area contributed by atoms with Gasteiger partial charge < -0.3 is 4.90 Å². The molecule has 130 valence electrons. The fraction of sp³-hybridized carbons (Fsp3) is 0.208. The fourth-order valence-electron chi connectivity index (χ4n) is 3.58. The minimum atomic E-state index is 0.333. The highest BCUT2D eigenvalue weighted by molar-refractivity contribution is 5.86. The summed E-state index contributed by atoms with van der Waals surface area (Å²) in [5, 5.41) is 0. The summed E-state index contributed by atoms with van der Waals surface area (Å²) in [4.78, 5) is 7.55. The molecule has 0 N–H and O–H groups in total. The highest BCUT2D eigenvalue weighted by Crippen LogP contribution is 2.19. The Morgan fingerprint density at radius 1 is 0.692 bits per heavy atom. The molecule has 2 nitrogen and oxygen atoms in total. The van der Waals surface area contributed by atoms with Crippen molar-refractivity contribution < 1.29 is 0 Å². The first-order valence-corrected chi connectivity index (χ1v) is 9.30. The lowest BCUT2D eigenvalue weighted by molar-refractivity contribution is 0.412. The second-order valence-electron chi connectivity index (χ2n) is 6.92. The van der Waals surface area contributed by atoms with Crippen LogP contribution >= 0.6 is 0 Å². The van der Waals surface area contributed by atoms with Crippen molar-refractivity contribution in [2.45, 2.75) is 25.4 Å². The molecule has 0 aliphatic carbocycles. The molecule has 0 saturated heterocycles. The lowest BCUT2D eigenvalue weighted by atomic mass is 10.1. The van der Waals surface area contributed by atoms with Crippen molar-refractivity contribution >= 4 is 5.84 Å². The molecule has 3 aromatic carbocycles. The Morgan fingerprint density at radius 3 is 1.85 bits per heavy atom. The van der Waals surface area contributed by atoms with Gasteiger partial charge in [-0.05, 0) is 23.1 Å². The van der Waals surface area contributed by atoms with Gasteiger partial charge in [0.15, 0.2) is 0 Å². The maximum Gasteiger partial charge on any atom is 0.104 e. The van der Waals surface area contributed by atoms with Crippen LogP contribution in [-0.2, 0) is 19.4 Å². The lowest BCUT2D eigenvalue weighted by Gasteiger charge is -2.21.